The summed E-state index contributed by atoms with van der Waals surface area (Å²) in [5, 5.41) is 10.4. The van der Waals surface area contributed by atoms with Gasteiger partial charge in [-0.3, -0.25) is 9.69 Å². The van der Waals surface area contributed by atoms with Crippen LogP contribution in [-0.2, 0) is 11.2 Å². The van der Waals surface area contributed by atoms with E-state index in [1.807, 2.05) is 0 Å². The minimum absolute atomic E-state index is 0.282. The third-order valence-electron chi connectivity index (χ3n) is 5.38. The number of carboxylic acids is 1. The van der Waals surface area contributed by atoms with Crippen LogP contribution in [0.2, 0.25) is 0 Å². The highest BCUT2D eigenvalue weighted by Gasteiger charge is 2.38. The van der Waals surface area contributed by atoms with E-state index in [1.54, 1.807) is 0 Å². The van der Waals surface area contributed by atoms with Gasteiger partial charge < -0.3 is 10.1 Å². The molecule has 4 nitrogen and oxygen atoms in total. The summed E-state index contributed by atoms with van der Waals surface area (Å²) in [6, 6.07) is 8.91. The Labute approximate surface area is 130 Å². The second-order valence-corrected chi connectivity index (χ2v) is 6.63. The first-order valence-corrected chi connectivity index (χ1v) is 8.29. The third kappa shape index (κ3) is 2.22. The predicted molar refractivity (Wildman–Crippen MR) is 85.9 cm³/mol. The first-order valence-electron chi connectivity index (χ1n) is 8.29. The summed E-state index contributed by atoms with van der Waals surface area (Å²) in [6.45, 7) is 2.24. The number of fused-ring (bicyclic) bond motifs is 5. The van der Waals surface area contributed by atoms with E-state index in [0.29, 0.717) is 12.0 Å². The standard InChI is InChI=1S/C18H22N2O2/c21-16(22)8-7-12-4-3-10-20-11-9-14-13-5-1-2-6-15(13)19-17(14)18(12)20/h1-2,5-6,12,18-19H,3-4,7-11H2,(H,21,22). The van der Waals surface area contributed by atoms with Crippen molar-refractivity contribution >= 4 is 16.9 Å². The molecule has 0 saturated carbocycles. The number of para-hydroxylation sites is 1. The monoisotopic (exact) mass is 298 g/mol. The molecule has 0 aliphatic carbocycles. The Morgan fingerprint density at radius 3 is 3.05 bits per heavy atom. The quantitative estimate of drug-likeness (QED) is 0.913. The summed E-state index contributed by atoms with van der Waals surface area (Å²) in [5.41, 5.74) is 4.03. The Bertz CT molecular complexity index is 706. The van der Waals surface area contributed by atoms with Crippen molar-refractivity contribution in [2.75, 3.05) is 13.1 Å². The lowest BCUT2D eigenvalue weighted by molar-refractivity contribution is -0.137. The molecule has 116 valence electrons. The van der Waals surface area contributed by atoms with E-state index in [2.05, 4.69) is 34.1 Å². The fraction of sp³-hybridized carbons (Fsp3) is 0.500. The van der Waals surface area contributed by atoms with Gasteiger partial charge in [-0.15, -0.1) is 0 Å². The van der Waals surface area contributed by atoms with E-state index in [0.717, 1.165) is 32.4 Å². The summed E-state index contributed by atoms with van der Waals surface area (Å²) >= 11 is 0. The highest BCUT2D eigenvalue weighted by atomic mass is 16.4. The fourth-order valence-corrected chi connectivity index (χ4v) is 4.43. The van der Waals surface area contributed by atoms with Crippen LogP contribution in [0.25, 0.3) is 10.9 Å². The average Bonchev–Trinajstić information content (AvgIpc) is 2.91. The fourth-order valence-electron chi connectivity index (χ4n) is 4.43. The summed E-state index contributed by atoms with van der Waals surface area (Å²) in [6.07, 6.45) is 4.50. The van der Waals surface area contributed by atoms with Gasteiger partial charge in [0.15, 0.2) is 0 Å². The molecule has 2 unspecified atom stereocenters. The normalized spacial score (nSPS) is 24.9. The number of rotatable bonds is 3. The van der Waals surface area contributed by atoms with Crippen molar-refractivity contribution in [1.82, 2.24) is 9.88 Å². The van der Waals surface area contributed by atoms with Crippen LogP contribution in [0, 0.1) is 5.92 Å². The number of hydrogen-bond acceptors (Lipinski definition) is 2. The van der Waals surface area contributed by atoms with E-state index in [9.17, 15) is 4.79 Å². The topological polar surface area (TPSA) is 56.3 Å². The molecule has 3 heterocycles. The summed E-state index contributed by atoms with van der Waals surface area (Å²) in [5.74, 6) is -0.221. The molecule has 4 heteroatoms. The van der Waals surface area contributed by atoms with Gasteiger partial charge in [0.25, 0.3) is 0 Å². The molecule has 1 saturated heterocycles. The smallest absolute Gasteiger partial charge is 0.303 e. The number of nitrogens with zero attached hydrogens (tertiary/aromatic N) is 1. The maximum atomic E-state index is 11.0. The highest BCUT2D eigenvalue weighted by molar-refractivity contribution is 5.85. The highest BCUT2D eigenvalue weighted by Crippen LogP contribution is 2.44. The van der Waals surface area contributed by atoms with Crippen molar-refractivity contribution in [1.29, 1.82) is 0 Å². The first-order chi connectivity index (χ1) is 10.7. The number of carbonyl (C=O) groups is 1. The lowest BCUT2D eigenvalue weighted by Crippen LogP contribution is -2.43. The number of carboxylic acid groups (broad SMARTS) is 1. The number of benzene rings is 1. The minimum Gasteiger partial charge on any atom is -0.481 e. The van der Waals surface area contributed by atoms with Gasteiger partial charge in [0.1, 0.15) is 0 Å². The minimum atomic E-state index is -0.676. The zero-order valence-corrected chi connectivity index (χ0v) is 12.7. The lowest BCUT2D eigenvalue weighted by atomic mass is 9.80. The van der Waals surface area contributed by atoms with Crippen LogP contribution in [0.1, 0.15) is 43.0 Å². The molecule has 0 radical (unpaired) electrons. The Hall–Kier alpha value is -1.81. The van der Waals surface area contributed by atoms with Crippen molar-refractivity contribution in [2.24, 2.45) is 5.92 Å². The number of hydrogen-bond donors (Lipinski definition) is 2. The number of aromatic amines is 1. The molecule has 1 fully saturated rings. The van der Waals surface area contributed by atoms with Gasteiger partial charge in [-0.25, -0.2) is 0 Å². The van der Waals surface area contributed by atoms with E-state index < -0.39 is 5.97 Å². The average molecular weight is 298 g/mol. The van der Waals surface area contributed by atoms with Crippen LogP contribution in [0.5, 0.6) is 0 Å². The number of aliphatic carboxylic acids is 1. The molecular weight excluding hydrogens is 276 g/mol. The Balaban J connectivity index is 1.73. The van der Waals surface area contributed by atoms with Gasteiger partial charge in [0, 0.05) is 29.6 Å². The van der Waals surface area contributed by atoms with Crippen LogP contribution >= 0.6 is 0 Å². The number of H-pyrrole nitrogens is 1. The van der Waals surface area contributed by atoms with Crippen LogP contribution in [-0.4, -0.2) is 34.0 Å². The molecule has 0 spiro atoms. The van der Waals surface area contributed by atoms with Gasteiger partial charge in [-0.1, -0.05) is 18.2 Å². The Kier molecular flexibility index (Phi) is 3.41. The molecule has 1 aromatic heterocycles. The maximum absolute atomic E-state index is 11.0. The first kappa shape index (κ1) is 13.8. The van der Waals surface area contributed by atoms with Crippen molar-refractivity contribution in [3.05, 3.63) is 35.5 Å². The van der Waals surface area contributed by atoms with Gasteiger partial charge in [-0.2, -0.15) is 0 Å². The van der Waals surface area contributed by atoms with E-state index in [4.69, 9.17) is 5.11 Å². The Morgan fingerprint density at radius 1 is 1.32 bits per heavy atom. The van der Waals surface area contributed by atoms with Crippen molar-refractivity contribution in [3.8, 4) is 0 Å². The van der Waals surface area contributed by atoms with Crippen molar-refractivity contribution < 1.29 is 9.90 Å². The number of aromatic nitrogens is 1. The lowest BCUT2D eigenvalue weighted by Gasteiger charge is -2.44. The van der Waals surface area contributed by atoms with E-state index >= 15 is 0 Å². The largest absolute Gasteiger partial charge is 0.481 e. The van der Waals surface area contributed by atoms with Crippen LogP contribution in [0.4, 0.5) is 0 Å². The van der Waals surface area contributed by atoms with Crippen molar-refractivity contribution in [2.45, 2.75) is 38.1 Å². The summed E-state index contributed by atoms with van der Waals surface area (Å²) in [7, 11) is 0. The second kappa shape index (κ2) is 5.43. The molecule has 1 aromatic carbocycles. The SMILES string of the molecule is O=C(O)CCC1CCCN2CCc3c([nH]c4ccccc34)C12. The Morgan fingerprint density at radius 2 is 2.18 bits per heavy atom. The molecule has 2 aliphatic rings. The number of piperidine rings is 1. The third-order valence-corrected chi connectivity index (χ3v) is 5.38. The molecular formula is C18H22N2O2. The summed E-state index contributed by atoms with van der Waals surface area (Å²) in [4.78, 5) is 17.2. The molecule has 2 aliphatic heterocycles. The van der Waals surface area contributed by atoms with Gasteiger partial charge in [0.05, 0.1) is 6.04 Å². The van der Waals surface area contributed by atoms with Gasteiger partial charge in [0.2, 0.25) is 0 Å². The van der Waals surface area contributed by atoms with E-state index in [1.165, 1.54) is 28.6 Å². The van der Waals surface area contributed by atoms with Crippen LogP contribution < -0.4 is 0 Å². The molecule has 22 heavy (non-hydrogen) atoms. The van der Waals surface area contributed by atoms with Gasteiger partial charge in [-0.05, 0) is 49.8 Å². The van der Waals surface area contributed by atoms with Crippen molar-refractivity contribution in [3.63, 3.8) is 0 Å². The van der Waals surface area contributed by atoms with E-state index in [-0.39, 0.29) is 6.42 Å². The molecule has 0 amide bonds. The molecule has 2 atom stereocenters. The predicted octanol–water partition coefficient (Wildman–Crippen LogP) is 3.34. The zero-order chi connectivity index (χ0) is 15.1. The zero-order valence-electron chi connectivity index (χ0n) is 12.7. The molecule has 2 N–H and O–H groups in total. The van der Waals surface area contributed by atoms with Crippen LogP contribution in [0.3, 0.4) is 0 Å². The second-order valence-electron chi connectivity index (χ2n) is 6.63. The van der Waals surface area contributed by atoms with Gasteiger partial charge >= 0.3 is 5.97 Å². The maximum Gasteiger partial charge on any atom is 0.303 e. The summed E-state index contributed by atoms with van der Waals surface area (Å²) < 4.78 is 0. The van der Waals surface area contributed by atoms with Crippen LogP contribution in [0.15, 0.2) is 24.3 Å². The molecule has 0 bridgehead atoms. The molecule has 4 rings (SSSR count). The number of nitrogens with one attached hydrogen (secondary N) is 1. The molecule has 2 aromatic rings.